The van der Waals surface area contributed by atoms with Crippen LogP contribution in [-0.2, 0) is 17.9 Å². The highest BCUT2D eigenvalue weighted by atomic mass is 16.5. The van der Waals surface area contributed by atoms with Gasteiger partial charge >= 0.3 is 0 Å². The van der Waals surface area contributed by atoms with Crippen molar-refractivity contribution in [1.82, 2.24) is 10.6 Å². The number of guanidine groups is 1. The number of hydrogen-bond acceptors (Lipinski definition) is 4. The van der Waals surface area contributed by atoms with Crippen molar-refractivity contribution in [2.45, 2.75) is 26.5 Å². The SMILES string of the molecule is CN=C(NCCCOCc1ccc(OC)cc1)NCc1ccc(C)cc1OC. The van der Waals surface area contributed by atoms with E-state index in [1.165, 1.54) is 5.56 Å². The van der Waals surface area contributed by atoms with Crippen molar-refractivity contribution in [3.05, 3.63) is 59.2 Å². The lowest BCUT2D eigenvalue weighted by atomic mass is 10.1. The van der Waals surface area contributed by atoms with Crippen LogP contribution in [0.2, 0.25) is 0 Å². The van der Waals surface area contributed by atoms with E-state index in [1.54, 1.807) is 21.3 Å². The van der Waals surface area contributed by atoms with E-state index in [-0.39, 0.29) is 0 Å². The van der Waals surface area contributed by atoms with E-state index < -0.39 is 0 Å². The van der Waals surface area contributed by atoms with Crippen molar-refractivity contribution >= 4 is 5.96 Å². The molecule has 0 radical (unpaired) electrons. The van der Waals surface area contributed by atoms with Gasteiger partial charge in [0.25, 0.3) is 0 Å². The molecule has 2 rings (SSSR count). The quantitative estimate of drug-likeness (QED) is 0.373. The molecular formula is C22H31N3O3. The molecule has 0 unspecified atom stereocenters. The molecule has 6 nitrogen and oxygen atoms in total. The summed E-state index contributed by atoms with van der Waals surface area (Å²) < 4.78 is 16.3. The number of aryl methyl sites for hydroxylation is 1. The first-order valence-corrected chi connectivity index (χ1v) is 9.45. The zero-order chi connectivity index (χ0) is 20.2. The Morgan fingerprint density at radius 1 is 1.00 bits per heavy atom. The average molecular weight is 386 g/mol. The van der Waals surface area contributed by atoms with Gasteiger partial charge in [-0.2, -0.15) is 0 Å². The van der Waals surface area contributed by atoms with Crippen molar-refractivity contribution in [2.75, 3.05) is 34.4 Å². The molecule has 2 N–H and O–H groups in total. The van der Waals surface area contributed by atoms with Gasteiger partial charge in [0.2, 0.25) is 0 Å². The van der Waals surface area contributed by atoms with Crippen LogP contribution in [0.25, 0.3) is 0 Å². The zero-order valence-electron chi connectivity index (χ0n) is 17.2. The number of nitrogens with zero attached hydrogens (tertiary/aromatic N) is 1. The Labute approximate surface area is 167 Å². The summed E-state index contributed by atoms with van der Waals surface area (Å²) in [5.74, 6) is 2.50. The van der Waals surface area contributed by atoms with Crippen molar-refractivity contribution in [3.8, 4) is 11.5 Å². The van der Waals surface area contributed by atoms with E-state index in [1.807, 2.05) is 30.3 Å². The summed E-state index contributed by atoms with van der Waals surface area (Å²) in [4.78, 5) is 4.26. The fourth-order valence-corrected chi connectivity index (χ4v) is 2.69. The molecule has 0 bridgehead atoms. The van der Waals surface area contributed by atoms with E-state index in [4.69, 9.17) is 14.2 Å². The average Bonchev–Trinajstić information content (AvgIpc) is 2.73. The highest BCUT2D eigenvalue weighted by molar-refractivity contribution is 5.79. The Hall–Kier alpha value is -2.73. The van der Waals surface area contributed by atoms with Gasteiger partial charge in [-0.3, -0.25) is 4.99 Å². The van der Waals surface area contributed by atoms with Crippen molar-refractivity contribution in [3.63, 3.8) is 0 Å². The molecule has 0 heterocycles. The summed E-state index contributed by atoms with van der Waals surface area (Å²) in [6, 6.07) is 14.1. The maximum absolute atomic E-state index is 5.72. The molecule has 0 amide bonds. The minimum Gasteiger partial charge on any atom is -0.497 e. The number of hydrogen-bond donors (Lipinski definition) is 2. The van der Waals surface area contributed by atoms with E-state index in [0.29, 0.717) is 19.8 Å². The molecule has 0 atom stereocenters. The molecule has 0 aliphatic heterocycles. The van der Waals surface area contributed by atoms with Crippen LogP contribution in [0.5, 0.6) is 11.5 Å². The highest BCUT2D eigenvalue weighted by Crippen LogP contribution is 2.19. The van der Waals surface area contributed by atoms with Crippen molar-refractivity contribution in [1.29, 1.82) is 0 Å². The van der Waals surface area contributed by atoms with E-state index in [0.717, 1.165) is 41.6 Å². The second-order valence-corrected chi connectivity index (χ2v) is 6.42. The molecular weight excluding hydrogens is 354 g/mol. The molecule has 0 spiro atoms. The second-order valence-electron chi connectivity index (χ2n) is 6.42. The van der Waals surface area contributed by atoms with Crippen LogP contribution in [0.1, 0.15) is 23.1 Å². The Balaban J connectivity index is 1.64. The summed E-state index contributed by atoms with van der Waals surface area (Å²) >= 11 is 0. The number of ether oxygens (including phenoxy) is 3. The third-order valence-corrected chi connectivity index (χ3v) is 4.30. The molecule has 2 aromatic rings. The summed E-state index contributed by atoms with van der Waals surface area (Å²) in [5.41, 5.74) is 3.41. The molecule has 0 fully saturated rings. The summed E-state index contributed by atoms with van der Waals surface area (Å²) in [5, 5.41) is 6.62. The van der Waals surface area contributed by atoms with Gasteiger partial charge in [0, 0.05) is 32.3 Å². The maximum Gasteiger partial charge on any atom is 0.191 e. The van der Waals surface area contributed by atoms with Gasteiger partial charge in [0.1, 0.15) is 11.5 Å². The molecule has 6 heteroatoms. The first-order chi connectivity index (χ1) is 13.7. The number of methoxy groups -OCH3 is 2. The van der Waals surface area contributed by atoms with Gasteiger partial charge < -0.3 is 24.8 Å². The third kappa shape index (κ3) is 7.12. The minimum absolute atomic E-state index is 0.601. The first kappa shape index (κ1) is 21.6. The third-order valence-electron chi connectivity index (χ3n) is 4.30. The zero-order valence-corrected chi connectivity index (χ0v) is 17.2. The number of benzene rings is 2. The molecule has 0 aromatic heterocycles. The lowest BCUT2D eigenvalue weighted by Gasteiger charge is -2.14. The predicted molar refractivity (Wildman–Crippen MR) is 113 cm³/mol. The standard InChI is InChI=1S/C22H31N3O3/c1-17-6-9-19(21(14-17)27-4)15-25-22(23-2)24-12-5-13-28-16-18-7-10-20(26-3)11-8-18/h6-11,14H,5,12-13,15-16H2,1-4H3,(H2,23,24,25). The maximum atomic E-state index is 5.72. The highest BCUT2D eigenvalue weighted by Gasteiger charge is 2.04. The van der Waals surface area contributed by atoms with Gasteiger partial charge in [-0.25, -0.2) is 0 Å². The lowest BCUT2D eigenvalue weighted by molar-refractivity contribution is 0.119. The summed E-state index contributed by atoms with van der Waals surface area (Å²) in [7, 11) is 5.12. The molecule has 0 saturated carbocycles. The normalized spacial score (nSPS) is 11.2. The Morgan fingerprint density at radius 2 is 1.79 bits per heavy atom. The van der Waals surface area contributed by atoms with Crippen LogP contribution in [0, 0.1) is 6.92 Å². The molecule has 2 aromatic carbocycles. The van der Waals surface area contributed by atoms with Gasteiger partial charge in [-0.1, -0.05) is 24.3 Å². The Morgan fingerprint density at radius 3 is 2.46 bits per heavy atom. The van der Waals surface area contributed by atoms with Crippen LogP contribution in [0.3, 0.4) is 0 Å². The van der Waals surface area contributed by atoms with Gasteiger partial charge in [0.15, 0.2) is 5.96 Å². The van der Waals surface area contributed by atoms with Crippen molar-refractivity contribution < 1.29 is 14.2 Å². The van der Waals surface area contributed by atoms with Crippen LogP contribution >= 0.6 is 0 Å². The van der Waals surface area contributed by atoms with Gasteiger partial charge in [-0.05, 0) is 42.7 Å². The van der Waals surface area contributed by atoms with Crippen molar-refractivity contribution in [2.24, 2.45) is 4.99 Å². The van der Waals surface area contributed by atoms with Gasteiger partial charge in [0.05, 0.1) is 20.8 Å². The molecule has 0 aliphatic rings. The van der Waals surface area contributed by atoms with E-state index in [9.17, 15) is 0 Å². The molecule has 0 aliphatic carbocycles. The summed E-state index contributed by atoms with van der Waals surface area (Å²) in [6.45, 7) is 4.77. The molecule has 152 valence electrons. The van der Waals surface area contributed by atoms with Crippen LogP contribution in [0.4, 0.5) is 0 Å². The largest absolute Gasteiger partial charge is 0.497 e. The molecule has 28 heavy (non-hydrogen) atoms. The van der Waals surface area contributed by atoms with E-state index in [2.05, 4.69) is 34.7 Å². The van der Waals surface area contributed by atoms with Crippen LogP contribution in [-0.4, -0.2) is 40.4 Å². The topological polar surface area (TPSA) is 64.1 Å². The minimum atomic E-state index is 0.601. The Bertz CT molecular complexity index is 745. The number of nitrogens with one attached hydrogen (secondary N) is 2. The summed E-state index contributed by atoms with van der Waals surface area (Å²) in [6.07, 6.45) is 0.894. The molecule has 0 saturated heterocycles. The second kappa shape index (κ2) is 11.9. The smallest absolute Gasteiger partial charge is 0.191 e. The van der Waals surface area contributed by atoms with Crippen LogP contribution < -0.4 is 20.1 Å². The fraction of sp³-hybridized carbons (Fsp3) is 0.409. The van der Waals surface area contributed by atoms with Gasteiger partial charge in [-0.15, -0.1) is 0 Å². The Kier molecular flexibility index (Phi) is 9.15. The van der Waals surface area contributed by atoms with Crippen LogP contribution in [0.15, 0.2) is 47.5 Å². The lowest BCUT2D eigenvalue weighted by Crippen LogP contribution is -2.37. The fourth-order valence-electron chi connectivity index (χ4n) is 2.69. The monoisotopic (exact) mass is 385 g/mol. The number of rotatable bonds is 10. The predicted octanol–water partition coefficient (Wildman–Crippen LogP) is 3.28. The number of aliphatic imine (C=N–C) groups is 1. The van der Waals surface area contributed by atoms with E-state index >= 15 is 0 Å². The first-order valence-electron chi connectivity index (χ1n) is 9.45.